The van der Waals surface area contributed by atoms with E-state index in [2.05, 4.69) is 53.9 Å². The van der Waals surface area contributed by atoms with E-state index in [0.717, 1.165) is 30.8 Å². The van der Waals surface area contributed by atoms with Crippen LogP contribution in [0.3, 0.4) is 0 Å². The van der Waals surface area contributed by atoms with Crippen LogP contribution in [0.2, 0.25) is 5.02 Å². The lowest BCUT2D eigenvalue weighted by molar-refractivity contribution is 0.446. The molecule has 0 bridgehead atoms. The van der Waals surface area contributed by atoms with Crippen LogP contribution in [0.25, 0.3) is 5.57 Å². The number of alkyl halides is 1. The minimum atomic E-state index is 0.465. The molecule has 3 heteroatoms. The van der Waals surface area contributed by atoms with Gasteiger partial charge in [0.05, 0.1) is 0 Å². The van der Waals surface area contributed by atoms with Crippen LogP contribution < -0.4 is 5.32 Å². The molecule has 2 atom stereocenters. The molecule has 1 nitrogen and oxygen atoms in total. The molecule has 0 aromatic heterocycles. The lowest BCUT2D eigenvalue weighted by Gasteiger charge is -2.28. The van der Waals surface area contributed by atoms with Crippen LogP contribution in [0.4, 0.5) is 0 Å². The molecule has 3 rings (SSSR count). The van der Waals surface area contributed by atoms with Crippen LogP contribution in [0.15, 0.2) is 60.7 Å². The maximum Gasteiger partial charge on any atom is 0.0406 e. The Morgan fingerprint density at radius 3 is 2.50 bits per heavy atom. The van der Waals surface area contributed by atoms with Gasteiger partial charge in [-0.05, 0) is 54.0 Å². The van der Waals surface area contributed by atoms with Crippen molar-refractivity contribution in [2.45, 2.75) is 31.2 Å². The molecule has 1 heterocycles. The van der Waals surface area contributed by atoms with Gasteiger partial charge in [0.2, 0.25) is 0 Å². The highest BCUT2D eigenvalue weighted by Gasteiger charge is 2.21. The Morgan fingerprint density at radius 2 is 1.79 bits per heavy atom. The maximum absolute atomic E-state index is 6.06. The van der Waals surface area contributed by atoms with E-state index in [9.17, 15) is 0 Å². The summed E-state index contributed by atoms with van der Waals surface area (Å²) in [7, 11) is 0. The SMILES string of the molecule is ClCCC(CC1CC(c2ccccc2)=CCN1)c1ccc(Cl)cc1. The third kappa shape index (κ3) is 4.63. The van der Waals surface area contributed by atoms with Gasteiger partial charge in [-0.3, -0.25) is 0 Å². The van der Waals surface area contributed by atoms with Crippen molar-refractivity contribution >= 4 is 28.8 Å². The van der Waals surface area contributed by atoms with Crippen molar-refractivity contribution in [1.29, 1.82) is 0 Å². The Balaban J connectivity index is 1.69. The molecular weight excluding hydrogens is 337 g/mol. The normalized spacial score (nSPS) is 18.9. The lowest BCUT2D eigenvalue weighted by atomic mass is 9.85. The first-order valence-electron chi connectivity index (χ1n) is 8.55. The van der Waals surface area contributed by atoms with Crippen molar-refractivity contribution < 1.29 is 0 Å². The van der Waals surface area contributed by atoms with E-state index in [1.807, 2.05) is 12.1 Å². The van der Waals surface area contributed by atoms with Crippen molar-refractivity contribution in [3.8, 4) is 0 Å². The van der Waals surface area contributed by atoms with Crippen molar-refractivity contribution in [2.24, 2.45) is 0 Å². The van der Waals surface area contributed by atoms with Crippen molar-refractivity contribution in [1.82, 2.24) is 5.32 Å². The smallest absolute Gasteiger partial charge is 0.0406 e. The van der Waals surface area contributed by atoms with Crippen LogP contribution >= 0.6 is 23.2 Å². The predicted molar refractivity (Wildman–Crippen MR) is 105 cm³/mol. The summed E-state index contributed by atoms with van der Waals surface area (Å²) in [6, 6.07) is 19.4. The molecule has 126 valence electrons. The lowest BCUT2D eigenvalue weighted by Crippen LogP contribution is -2.34. The Bertz CT molecular complexity index is 664. The molecule has 0 spiro atoms. The summed E-state index contributed by atoms with van der Waals surface area (Å²) in [6.45, 7) is 0.934. The van der Waals surface area contributed by atoms with E-state index >= 15 is 0 Å². The highest BCUT2D eigenvalue weighted by atomic mass is 35.5. The van der Waals surface area contributed by atoms with E-state index in [-0.39, 0.29) is 0 Å². The van der Waals surface area contributed by atoms with Gasteiger partial charge in [-0.15, -0.1) is 11.6 Å². The molecule has 2 aromatic carbocycles. The Kier molecular flexibility index (Phi) is 6.37. The van der Waals surface area contributed by atoms with Crippen molar-refractivity contribution in [3.63, 3.8) is 0 Å². The first-order chi connectivity index (χ1) is 11.8. The molecule has 2 aromatic rings. The zero-order valence-electron chi connectivity index (χ0n) is 13.7. The highest BCUT2D eigenvalue weighted by molar-refractivity contribution is 6.30. The number of hydrogen-bond donors (Lipinski definition) is 1. The fourth-order valence-corrected chi connectivity index (χ4v) is 3.84. The molecule has 0 saturated heterocycles. The Labute approximate surface area is 154 Å². The third-order valence-corrected chi connectivity index (χ3v) is 5.20. The number of halogens is 2. The molecule has 0 fully saturated rings. The third-order valence-electron chi connectivity index (χ3n) is 4.73. The minimum Gasteiger partial charge on any atom is -0.310 e. The first-order valence-corrected chi connectivity index (χ1v) is 9.47. The average Bonchev–Trinajstić information content (AvgIpc) is 2.63. The summed E-state index contributed by atoms with van der Waals surface area (Å²) in [5, 5.41) is 4.43. The van der Waals surface area contributed by atoms with Gasteiger partial charge in [0.1, 0.15) is 0 Å². The van der Waals surface area contributed by atoms with Crippen LogP contribution in [-0.4, -0.2) is 18.5 Å². The second-order valence-electron chi connectivity index (χ2n) is 6.37. The average molecular weight is 360 g/mol. The molecular formula is C21H23Cl2N. The quantitative estimate of drug-likeness (QED) is 0.634. The first kappa shape index (κ1) is 17.5. The van der Waals surface area contributed by atoms with Gasteiger partial charge in [-0.25, -0.2) is 0 Å². The molecule has 1 aliphatic heterocycles. The summed E-state index contributed by atoms with van der Waals surface area (Å²) < 4.78 is 0. The van der Waals surface area contributed by atoms with E-state index < -0.39 is 0 Å². The van der Waals surface area contributed by atoms with Crippen LogP contribution in [0.5, 0.6) is 0 Å². The van der Waals surface area contributed by atoms with Gasteiger partial charge in [0, 0.05) is 23.5 Å². The molecule has 0 amide bonds. The topological polar surface area (TPSA) is 12.0 Å². The molecule has 2 unspecified atom stereocenters. The molecule has 1 N–H and O–H groups in total. The van der Waals surface area contributed by atoms with Gasteiger partial charge >= 0.3 is 0 Å². The van der Waals surface area contributed by atoms with Gasteiger partial charge in [0.25, 0.3) is 0 Å². The zero-order chi connectivity index (χ0) is 16.8. The van der Waals surface area contributed by atoms with Gasteiger partial charge in [-0.1, -0.05) is 60.1 Å². The van der Waals surface area contributed by atoms with Crippen LogP contribution in [-0.2, 0) is 0 Å². The molecule has 0 aliphatic carbocycles. The fraction of sp³-hybridized carbons (Fsp3) is 0.333. The summed E-state index contributed by atoms with van der Waals surface area (Å²) >= 11 is 12.1. The van der Waals surface area contributed by atoms with E-state index in [1.54, 1.807) is 0 Å². The zero-order valence-corrected chi connectivity index (χ0v) is 15.2. The summed E-state index contributed by atoms with van der Waals surface area (Å²) in [5.74, 6) is 1.15. The Hall–Kier alpha value is -1.28. The maximum atomic E-state index is 6.06. The number of hydrogen-bond acceptors (Lipinski definition) is 1. The van der Waals surface area contributed by atoms with Gasteiger partial charge in [-0.2, -0.15) is 0 Å². The Morgan fingerprint density at radius 1 is 1.04 bits per heavy atom. The molecule has 0 radical (unpaired) electrons. The number of rotatable bonds is 6. The van der Waals surface area contributed by atoms with E-state index in [1.165, 1.54) is 16.7 Å². The largest absolute Gasteiger partial charge is 0.310 e. The van der Waals surface area contributed by atoms with Gasteiger partial charge in [0.15, 0.2) is 0 Å². The summed E-state index contributed by atoms with van der Waals surface area (Å²) in [5.41, 5.74) is 4.11. The van der Waals surface area contributed by atoms with Crippen LogP contribution in [0.1, 0.15) is 36.3 Å². The van der Waals surface area contributed by atoms with Crippen LogP contribution in [0, 0.1) is 0 Å². The summed E-state index contributed by atoms with van der Waals surface area (Å²) in [6.07, 6.45) is 5.46. The summed E-state index contributed by atoms with van der Waals surface area (Å²) in [4.78, 5) is 0. The standard InChI is InChI=1S/C21H23Cl2N/c22-12-10-18(17-6-8-20(23)9-7-17)14-21-15-19(11-13-24-21)16-4-2-1-3-5-16/h1-9,11,18,21,24H,10,12-15H2. The van der Waals surface area contributed by atoms with Crippen molar-refractivity contribution in [2.75, 3.05) is 12.4 Å². The number of nitrogens with one attached hydrogen (secondary N) is 1. The van der Waals surface area contributed by atoms with E-state index in [0.29, 0.717) is 17.8 Å². The molecule has 1 aliphatic rings. The van der Waals surface area contributed by atoms with Gasteiger partial charge < -0.3 is 5.32 Å². The molecule has 24 heavy (non-hydrogen) atoms. The predicted octanol–water partition coefficient (Wildman–Crippen LogP) is 5.89. The highest BCUT2D eigenvalue weighted by Crippen LogP contribution is 2.31. The molecule has 0 saturated carbocycles. The second-order valence-corrected chi connectivity index (χ2v) is 7.18. The van der Waals surface area contributed by atoms with Crippen molar-refractivity contribution in [3.05, 3.63) is 76.8 Å². The minimum absolute atomic E-state index is 0.465. The fourth-order valence-electron chi connectivity index (χ4n) is 3.46. The van der Waals surface area contributed by atoms with E-state index in [4.69, 9.17) is 23.2 Å². The monoisotopic (exact) mass is 359 g/mol. The number of benzene rings is 2. The second kappa shape index (κ2) is 8.71.